The van der Waals surface area contributed by atoms with Gasteiger partial charge < -0.3 is 15.3 Å². The largest absolute Gasteiger partial charge is 0.395 e. The third-order valence-corrected chi connectivity index (χ3v) is 1.85. The fourth-order valence-electron chi connectivity index (χ4n) is 1.10. The zero-order valence-electron chi connectivity index (χ0n) is 8.51. The molecule has 0 fully saturated rings. The Morgan fingerprint density at radius 3 is 2.50 bits per heavy atom. The summed E-state index contributed by atoms with van der Waals surface area (Å²) in [6.45, 7) is 4.37. The molecule has 0 aromatic carbocycles. The minimum Gasteiger partial charge on any atom is -0.395 e. The van der Waals surface area contributed by atoms with Gasteiger partial charge in [0.1, 0.15) is 0 Å². The summed E-state index contributed by atoms with van der Waals surface area (Å²) in [7, 11) is 4.10. The molecule has 0 aromatic heterocycles. The minimum absolute atomic E-state index is 0.251. The summed E-state index contributed by atoms with van der Waals surface area (Å²) >= 11 is 0. The number of aliphatic hydroxyl groups excluding tert-OH is 1. The predicted octanol–water partition coefficient (Wildman–Crippen LogP) is 0.299. The van der Waals surface area contributed by atoms with Gasteiger partial charge in [-0.25, -0.2) is 0 Å². The van der Waals surface area contributed by atoms with Crippen LogP contribution < -0.4 is 5.32 Å². The van der Waals surface area contributed by atoms with E-state index in [-0.39, 0.29) is 12.6 Å². The normalized spacial score (nSPS) is 13.8. The van der Waals surface area contributed by atoms with Crippen LogP contribution in [0.4, 0.5) is 0 Å². The van der Waals surface area contributed by atoms with Gasteiger partial charge in [0.2, 0.25) is 0 Å². The highest BCUT2D eigenvalue weighted by Gasteiger charge is 2.03. The lowest BCUT2D eigenvalue weighted by Crippen LogP contribution is -2.37. The lowest BCUT2D eigenvalue weighted by atomic mass is 10.2. The standard InChI is InChI=1S/C9H22N2O/c1-4-5-9(8-12)10-6-7-11(2)3/h9-10,12H,4-8H2,1-3H3. The van der Waals surface area contributed by atoms with Gasteiger partial charge in [-0.3, -0.25) is 0 Å². The zero-order chi connectivity index (χ0) is 9.40. The molecule has 2 N–H and O–H groups in total. The summed E-state index contributed by atoms with van der Waals surface area (Å²) in [5.74, 6) is 0. The fourth-order valence-corrected chi connectivity index (χ4v) is 1.10. The van der Waals surface area contributed by atoms with Crippen molar-refractivity contribution in [1.82, 2.24) is 10.2 Å². The van der Waals surface area contributed by atoms with Crippen molar-refractivity contribution in [2.24, 2.45) is 0 Å². The number of likely N-dealkylation sites (N-methyl/N-ethyl adjacent to an activating group) is 1. The molecule has 0 spiro atoms. The number of nitrogens with one attached hydrogen (secondary N) is 1. The minimum atomic E-state index is 0.251. The van der Waals surface area contributed by atoms with Gasteiger partial charge in [-0.1, -0.05) is 13.3 Å². The van der Waals surface area contributed by atoms with E-state index in [1.54, 1.807) is 0 Å². The highest BCUT2D eigenvalue weighted by molar-refractivity contribution is 4.64. The Morgan fingerprint density at radius 1 is 1.42 bits per heavy atom. The molecule has 0 amide bonds. The Kier molecular flexibility index (Phi) is 7.45. The quantitative estimate of drug-likeness (QED) is 0.582. The van der Waals surface area contributed by atoms with Crippen LogP contribution in [0.2, 0.25) is 0 Å². The van der Waals surface area contributed by atoms with E-state index < -0.39 is 0 Å². The average molecular weight is 174 g/mol. The van der Waals surface area contributed by atoms with Gasteiger partial charge in [0, 0.05) is 19.1 Å². The molecule has 3 heteroatoms. The Bertz CT molecular complexity index is 96.5. The molecule has 0 aromatic rings. The van der Waals surface area contributed by atoms with E-state index in [4.69, 9.17) is 5.11 Å². The Balaban J connectivity index is 3.31. The highest BCUT2D eigenvalue weighted by Crippen LogP contribution is 1.94. The lowest BCUT2D eigenvalue weighted by Gasteiger charge is -2.17. The molecular formula is C9H22N2O. The van der Waals surface area contributed by atoms with Gasteiger partial charge in [0.25, 0.3) is 0 Å². The highest BCUT2D eigenvalue weighted by atomic mass is 16.3. The van der Waals surface area contributed by atoms with Crippen molar-refractivity contribution >= 4 is 0 Å². The van der Waals surface area contributed by atoms with Crippen molar-refractivity contribution in [3.63, 3.8) is 0 Å². The summed E-state index contributed by atoms with van der Waals surface area (Å²) in [6.07, 6.45) is 2.18. The van der Waals surface area contributed by atoms with Crippen LogP contribution in [0.3, 0.4) is 0 Å². The summed E-state index contributed by atoms with van der Waals surface area (Å²) in [5, 5.41) is 12.3. The summed E-state index contributed by atoms with van der Waals surface area (Å²) in [6, 6.07) is 0.287. The lowest BCUT2D eigenvalue weighted by molar-refractivity contribution is 0.231. The molecule has 0 rings (SSSR count). The smallest absolute Gasteiger partial charge is 0.0584 e. The van der Waals surface area contributed by atoms with E-state index in [2.05, 4.69) is 31.2 Å². The molecule has 3 nitrogen and oxygen atoms in total. The molecule has 0 bridgehead atoms. The first-order valence-electron chi connectivity index (χ1n) is 4.69. The van der Waals surface area contributed by atoms with E-state index in [9.17, 15) is 0 Å². The van der Waals surface area contributed by atoms with E-state index >= 15 is 0 Å². The zero-order valence-corrected chi connectivity index (χ0v) is 8.51. The molecule has 0 radical (unpaired) electrons. The second-order valence-electron chi connectivity index (χ2n) is 3.43. The number of nitrogens with zero attached hydrogens (tertiary/aromatic N) is 1. The average Bonchev–Trinajstić information content (AvgIpc) is 2.02. The topological polar surface area (TPSA) is 35.5 Å². The molecule has 1 unspecified atom stereocenters. The van der Waals surface area contributed by atoms with E-state index in [0.29, 0.717) is 0 Å². The van der Waals surface area contributed by atoms with Crippen LogP contribution in [0.5, 0.6) is 0 Å². The summed E-state index contributed by atoms with van der Waals surface area (Å²) < 4.78 is 0. The number of hydrogen-bond donors (Lipinski definition) is 2. The summed E-state index contributed by atoms with van der Waals surface area (Å²) in [5.41, 5.74) is 0. The Hall–Kier alpha value is -0.120. The van der Waals surface area contributed by atoms with Crippen LogP contribution in [-0.4, -0.2) is 49.8 Å². The monoisotopic (exact) mass is 174 g/mol. The Morgan fingerprint density at radius 2 is 2.08 bits per heavy atom. The fraction of sp³-hybridized carbons (Fsp3) is 1.00. The maximum atomic E-state index is 8.95. The van der Waals surface area contributed by atoms with Crippen molar-refractivity contribution in [1.29, 1.82) is 0 Å². The van der Waals surface area contributed by atoms with Crippen LogP contribution in [0.25, 0.3) is 0 Å². The third-order valence-electron chi connectivity index (χ3n) is 1.85. The second-order valence-corrected chi connectivity index (χ2v) is 3.43. The maximum Gasteiger partial charge on any atom is 0.0584 e. The van der Waals surface area contributed by atoms with Crippen LogP contribution >= 0.6 is 0 Å². The summed E-state index contributed by atoms with van der Waals surface area (Å²) in [4.78, 5) is 2.13. The number of rotatable bonds is 7. The molecular weight excluding hydrogens is 152 g/mol. The number of aliphatic hydroxyl groups is 1. The van der Waals surface area contributed by atoms with Gasteiger partial charge in [0.15, 0.2) is 0 Å². The third kappa shape index (κ3) is 6.58. The van der Waals surface area contributed by atoms with Crippen molar-refractivity contribution in [2.45, 2.75) is 25.8 Å². The first-order valence-corrected chi connectivity index (χ1v) is 4.69. The second kappa shape index (κ2) is 7.53. The van der Waals surface area contributed by atoms with Gasteiger partial charge in [-0.15, -0.1) is 0 Å². The first kappa shape index (κ1) is 11.9. The van der Waals surface area contributed by atoms with E-state index in [1.807, 2.05) is 0 Å². The van der Waals surface area contributed by atoms with E-state index in [0.717, 1.165) is 25.9 Å². The number of hydrogen-bond acceptors (Lipinski definition) is 3. The van der Waals surface area contributed by atoms with Crippen LogP contribution in [0.15, 0.2) is 0 Å². The SMILES string of the molecule is CCCC(CO)NCCN(C)C. The molecule has 0 aliphatic carbocycles. The van der Waals surface area contributed by atoms with Crippen LogP contribution in [0.1, 0.15) is 19.8 Å². The van der Waals surface area contributed by atoms with Crippen molar-refractivity contribution in [3.05, 3.63) is 0 Å². The Labute approximate surface area is 75.8 Å². The van der Waals surface area contributed by atoms with Gasteiger partial charge >= 0.3 is 0 Å². The molecule has 1 atom stereocenters. The van der Waals surface area contributed by atoms with Gasteiger partial charge in [-0.2, -0.15) is 0 Å². The maximum absolute atomic E-state index is 8.95. The van der Waals surface area contributed by atoms with Gasteiger partial charge in [0.05, 0.1) is 6.61 Å². The van der Waals surface area contributed by atoms with E-state index in [1.165, 1.54) is 0 Å². The van der Waals surface area contributed by atoms with Crippen LogP contribution in [0, 0.1) is 0 Å². The van der Waals surface area contributed by atoms with Crippen LogP contribution in [-0.2, 0) is 0 Å². The molecule has 0 aliphatic heterocycles. The molecule has 12 heavy (non-hydrogen) atoms. The van der Waals surface area contributed by atoms with Crippen molar-refractivity contribution < 1.29 is 5.11 Å². The molecule has 0 aliphatic rings. The molecule has 0 heterocycles. The van der Waals surface area contributed by atoms with Crippen molar-refractivity contribution in [3.8, 4) is 0 Å². The molecule has 74 valence electrons. The van der Waals surface area contributed by atoms with Gasteiger partial charge in [-0.05, 0) is 20.5 Å². The van der Waals surface area contributed by atoms with Crippen molar-refractivity contribution in [2.75, 3.05) is 33.8 Å². The molecule has 0 saturated carbocycles. The molecule has 0 saturated heterocycles. The predicted molar refractivity (Wildman–Crippen MR) is 52.3 cm³/mol. The first-order chi connectivity index (χ1) is 5.70.